The first kappa shape index (κ1) is 20.7. The van der Waals surface area contributed by atoms with Crippen LogP contribution in [0.1, 0.15) is 5.56 Å². The van der Waals surface area contributed by atoms with Crippen LogP contribution in [-0.4, -0.2) is 41.2 Å². The molecule has 0 saturated heterocycles. The van der Waals surface area contributed by atoms with Crippen LogP contribution in [0.25, 0.3) is 0 Å². The first-order valence-corrected chi connectivity index (χ1v) is 9.58. The molecule has 4 N–H and O–H groups in total. The van der Waals surface area contributed by atoms with E-state index in [1.54, 1.807) is 43.3 Å². The fraction of sp³-hybridized carbons (Fsp3) is 0.278. The molecule has 9 heteroatoms. The van der Waals surface area contributed by atoms with Gasteiger partial charge in [0.15, 0.2) is 0 Å². The molecule has 0 spiro atoms. The maximum atomic E-state index is 12.8. The van der Waals surface area contributed by atoms with Gasteiger partial charge in [-0.3, -0.25) is 9.52 Å². The van der Waals surface area contributed by atoms with Crippen LogP contribution >= 0.6 is 0 Å². The summed E-state index contributed by atoms with van der Waals surface area (Å²) < 4.78 is 37.9. The lowest BCUT2D eigenvalue weighted by Crippen LogP contribution is -2.39. The Morgan fingerprint density at radius 3 is 2.33 bits per heavy atom. The van der Waals surface area contributed by atoms with Gasteiger partial charge in [0, 0.05) is 18.5 Å². The van der Waals surface area contributed by atoms with Crippen molar-refractivity contribution in [1.82, 2.24) is 0 Å². The highest BCUT2D eigenvalue weighted by atomic mass is 32.2. The summed E-state index contributed by atoms with van der Waals surface area (Å²) in [6.45, 7) is 1.73. The third kappa shape index (κ3) is 5.43. The summed E-state index contributed by atoms with van der Waals surface area (Å²) in [4.78, 5) is 12.1. The smallest absolute Gasteiger partial charge is 0.262 e. The molecule has 0 heterocycles. The summed E-state index contributed by atoms with van der Waals surface area (Å²) in [6.07, 6.45) is 0. The summed E-state index contributed by atoms with van der Waals surface area (Å²) in [6, 6.07) is 10.3. The Labute approximate surface area is 158 Å². The molecule has 1 unspecified atom stereocenters. The summed E-state index contributed by atoms with van der Waals surface area (Å²) >= 11 is 0. The van der Waals surface area contributed by atoms with Gasteiger partial charge in [0.2, 0.25) is 5.91 Å². The highest BCUT2D eigenvalue weighted by molar-refractivity contribution is 7.92. The zero-order chi connectivity index (χ0) is 20.0. The van der Waals surface area contributed by atoms with Crippen LogP contribution in [0.2, 0.25) is 0 Å². The minimum atomic E-state index is -3.85. The second kappa shape index (κ2) is 8.85. The van der Waals surface area contributed by atoms with E-state index < -0.39 is 22.0 Å². The van der Waals surface area contributed by atoms with Gasteiger partial charge in [-0.1, -0.05) is 6.07 Å². The number of amides is 1. The van der Waals surface area contributed by atoms with Gasteiger partial charge < -0.3 is 20.5 Å². The van der Waals surface area contributed by atoms with Crippen molar-refractivity contribution in [2.45, 2.75) is 17.9 Å². The van der Waals surface area contributed by atoms with Crippen LogP contribution in [0.3, 0.4) is 0 Å². The molecule has 1 amide bonds. The van der Waals surface area contributed by atoms with Crippen molar-refractivity contribution < 1.29 is 22.7 Å². The second-order valence-corrected chi connectivity index (χ2v) is 7.52. The summed E-state index contributed by atoms with van der Waals surface area (Å²) in [5.41, 5.74) is 6.94. The summed E-state index contributed by atoms with van der Waals surface area (Å²) in [5, 5.41) is 2.59. The predicted molar refractivity (Wildman–Crippen MR) is 103 cm³/mol. The molecule has 2 aromatic rings. The number of methoxy groups -OCH3 is 2. The maximum absolute atomic E-state index is 12.8. The molecule has 8 nitrogen and oxygen atoms in total. The molecule has 0 bridgehead atoms. The molecule has 2 rings (SSSR count). The molecule has 0 aliphatic rings. The van der Waals surface area contributed by atoms with Crippen LogP contribution in [0.5, 0.6) is 5.75 Å². The van der Waals surface area contributed by atoms with E-state index in [1.165, 1.54) is 20.3 Å². The molecule has 0 radical (unpaired) electrons. The Morgan fingerprint density at radius 2 is 1.74 bits per heavy atom. The Bertz CT molecular complexity index is 898. The average molecular weight is 393 g/mol. The van der Waals surface area contributed by atoms with Gasteiger partial charge in [-0.2, -0.15) is 0 Å². The van der Waals surface area contributed by atoms with E-state index in [9.17, 15) is 13.2 Å². The van der Waals surface area contributed by atoms with Crippen molar-refractivity contribution in [2.24, 2.45) is 5.73 Å². The van der Waals surface area contributed by atoms with E-state index >= 15 is 0 Å². The van der Waals surface area contributed by atoms with E-state index in [0.29, 0.717) is 22.7 Å². The molecule has 2 aromatic carbocycles. The number of anilines is 2. The van der Waals surface area contributed by atoms with E-state index in [1.807, 2.05) is 0 Å². The molecular weight excluding hydrogens is 370 g/mol. The Hall–Kier alpha value is -2.62. The lowest BCUT2D eigenvalue weighted by Gasteiger charge is -2.14. The van der Waals surface area contributed by atoms with Crippen LogP contribution in [0.15, 0.2) is 47.4 Å². The third-order valence-electron chi connectivity index (χ3n) is 3.77. The van der Waals surface area contributed by atoms with Gasteiger partial charge in [-0.25, -0.2) is 8.42 Å². The normalized spacial score (nSPS) is 12.3. The van der Waals surface area contributed by atoms with E-state index in [0.717, 1.165) is 0 Å². The SMILES string of the molecule is COCC(N)C(=O)Nc1ccc(C)c(S(=O)(=O)Nc2ccc(OC)cc2)c1. The largest absolute Gasteiger partial charge is 0.497 e. The van der Waals surface area contributed by atoms with Crippen LogP contribution in [-0.2, 0) is 19.6 Å². The van der Waals surface area contributed by atoms with Crippen molar-refractivity contribution in [3.05, 3.63) is 48.0 Å². The molecule has 0 aliphatic carbocycles. The monoisotopic (exact) mass is 393 g/mol. The minimum absolute atomic E-state index is 0.0523. The van der Waals surface area contributed by atoms with E-state index in [-0.39, 0.29) is 11.5 Å². The fourth-order valence-corrected chi connectivity index (χ4v) is 3.66. The standard InChI is InChI=1S/C18H23N3O5S/c1-12-4-5-14(20-18(22)16(19)11-25-2)10-17(12)27(23,24)21-13-6-8-15(26-3)9-7-13/h4-10,16,21H,11,19H2,1-3H3,(H,20,22). The van der Waals surface area contributed by atoms with Crippen LogP contribution in [0.4, 0.5) is 11.4 Å². The first-order valence-electron chi connectivity index (χ1n) is 8.09. The van der Waals surface area contributed by atoms with Crippen molar-refractivity contribution in [3.8, 4) is 5.75 Å². The molecular formula is C18H23N3O5S. The summed E-state index contributed by atoms with van der Waals surface area (Å²) in [7, 11) is -0.883. The zero-order valence-corrected chi connectivity index (χ0v) is 16.2. The third-order valence-corrected chi connectivity index (χ3v) is 5.29. The average Bonchev–Trinajstić information content (AvgIpc) is 2.63. The van der Waals surface area contributed by atoms with Crippen molar-refractivity contribution in [2.75, 3.05) is 30.9 Å². The van der Waals surface area contributed by atoms with Gasteiger partial charge in [0.25, 0.3) is 10.0 Å². The Balaban J connectivity index is 2.23. The highest BCUT2D eigenvalue weighted by Gasteiger charge is 2.19. The number of nitrogens with one attached hydrogen (secondary N) is 2. The number of carbonyl (C=O) groups excluding carboxylic acids is 1. The molecule has 0 saturated carbocycles. The lowest BCUT2D eigenvalue weighted by atomic mass is 10.2. The van der Waals surface area contributed by atoms with E-state index in [4.69, 9.17) is 15.2 Å². The number of ether oxygens (including phenoxy) is 2. The number of carbonyl (C=O) groups is 1. The predicted octanol–water partition coefficient (Wildman–Crippen LogP) is 1.72. The summed E-state index contributed by atoms with van der Waals surface area (Å²) in [5.74, 6) is 0.151. The van der Waals surface area contributed by atoms with Gasteiger partial charge >= 0.3 is 0 Å². The number of hydrogen-bond acceptors (Lipinski definition) is 6. The van der Waals surface area contributed by atoms with E-state index in [2.05, 4.69) is 10.0 Å². The quantitative estimate of drug-likeness (QED) is 0.628. The van der Waals surface area contributed by atoms with Crippen LogP contribution in [0, 0.1) is 6.92 Å². The second-order valence-electron chi connectivity index (χ2n) is 5.87. The Morgan fingerprint density at radius 1 is 1.11 bits per heavy atom. The Kier molecular flexibility index (Phi) is 6.78. The number of hydrogen-bond donors (Lipinski definition) is 3. The number of nitrogens with two attached hydrogens (primary N) is 1. The zero-order valence-electron chi connectivity index (χ0n) is 15.4. The molecule has 0 aliphatic heterocycles. The molecule has 0 aromatic heterocycles. The lowest BCUT2D eigenvalue weighted by molar-refractivity contribution is -0.118. The number of rotatable bonds is 8. The van der Waals surface area contributed by atoms with Gasteiger partial charge in [-0.15, -0.1) is 0 Å². The number of aryl methyl sites for hydroxylation is 1. The molecule has 27 heavy (non-hydrogen) atoms. The number of sulfonamides is 1. The molecule has 1 atom stereocenters. The minimum Gasteiger partial charge on any atom is -0.497 e. The molecule has 146 valence electrons. The molecule has 0 fully saturated rings. The van der Waals surface area contributed by atoms with Gasteiger partial charge in [0.05, 0.1) is 18.6 Å². The van der Waals surface area contributed by atoms with Crippen LogP contribution < -0.4 is 20.5 Å². The van der Waals surface area contributed by atoms with Gasteiger partial charge in [-0.05, 0) is 48.9 Å². The highest BCUT2D eigenvalue weighted by Crippen LogP contribution is 2.24. The number of benzene rings is 2. The van der Waals surface area contributed by atoms with Crippen molar-refractivity contribution >= 4 is 27.3 Å². The maximum Gasteiger partial charge on any atom is 0.262 e. The topological polar surface area (TPSA) is 120 Å². The first-order chi connectivity index (χ1) is 12.8. The van der Waals surface area contributed by atoms with Crippen molar-refractivity contribution in [3.63, 3.8) is 0 Å². The van der Waals surface area contributed by atoms with Gasteiger partial charge in [0.1, 0.15) is 11.8 Å². The van der Waals surface area contributed by atoms with Crippen molar-refractivity contribution in [1.29, 1.82) is 0 Å². The fourth-order valence-electron chi connectivity index (χ4n) is 2.33.